The first kappa shape index (κ1) is 16.1. The predicted octanol–water partition coefficient (Wildman–Crippen LogP) is 4.75. The van der Waals surface area contributed by atoms with Gasteiger partial charge >= 0.3 is 0 Å². The van der Waals surface area contributed by atoms with E-state index in [-0.39, 0.29) is 0 Å². The minimum absolute atomic E-state index is 0.574. The van der Waals surface area contributed by atoms with E-state index in [1.807, 2.05) is 6.07 Å². The average molecular weight is 348 g/mol. The highest BCUT2D eigenvalue weighted by atomic mass is 79.9. The largest absolute Gasteiger partial charge is 0.489 e. The van der Waals surface area contributed by atoms with Gasteiger partial charge in [-0.05, 0) is 55.3 Å². The lowest BCUT2D eigenvalue weighted by atomic mass is 10.1. The van der Waals surface area contributed by atoms with Gasteiger partial charge < -0.3 is 10.1 Å². The van der Waals surface area contributed by atoms with Crippen LogP contribution in [0.4, 0.5) is 0 Å². The molecule has 0 fully saturated rings. The van der Waals surface area contributed by atoms with Crippen LogP contribution in [0, 0.1) is 13.8 Å². The molecule has 0 aliphatic heterocycles. The van der Waals surface area contributed by atoms with Crippen LogP contribution in [0.5, 0.6) is 5.75 Å². The van der Waals surface area contributed by atoms with Crippen LogP contribution in [0.1, 0.15) is 29.2 Å². The van der Waals surface area contributed by atoms with Gasteiger partial charge in [0, 0.05) is 16.6 Å². The quantitative estimate of drug-likeness (QED) is 0.813. The molecule has 0 saturated heterocycles. The molecule has 0 radical (unpaired) electrons. The van der Waals surface area contributed by atoms with Crippen LogP contribution >= 0.6 is 15.9 Å². The van der Waals surface area contributed by atoms with Gasteiger partial charge in [-0.25, -0.2) is 0 Å². The molecule has 0 aliphatic carbocycles. The maximum atomic E-state index is 5.88. The first-order chi connectivity index (χ1) is 10.1. The van der Waals surface area contributed by atoms with Crippen LogP contribution in [0.25, 0.3) is 0 Å². The smallest absolute Gasteiger partial charge is 0.120 e. The van der Waals surface area contributed by atoms with Crippen molar-refractivity contribution in [3.05, 3.63) is 63.1 Å². The van der Waals surface area contributed by atoms with E-state index < -0.39 is 0 Å². The molecule has 0 spiro atoms. The Morgan fingerprint density at radius 2 is 1.86 bits per heavy atom. The lowest BCUT2D eigenvalue weighted by Gasteiger charge is -2.11. The van der Waals surface area contributed by atoms with Gasteiger partial charge in [-0.1, -0.05) is 41.1 Å². The molecule has 0 heterocycles. The van der Waals surface area contributed by atoms with E-state index in [2.05, 4.69) is 72.3 Å². The van der Waals surface area contributed by atoms with E-state index in [9.17, 15) is 0 Å². The van der Waals surface area contributed by atoms with Crippen molar-refractivity contribution in [1.29, 1.82) is 0 Å². The fourth-order valence-electron chi connectivity index (χ4n) is 2.05. The van der Waals surface area contributed by atoms with Crippen LogP contribution in [-0.2, 0) is 13.2 Å². The first-order valence-electron chi connectivity index (χ1n) is 7.28. The monoisotopic (exact) mass is 347 g/mol. The summed E-state index contributed by atoms with van der Waals surface area (Å²) in [6.45, 7) is 8.78. The Morgan fingerprint density at radius 1 is 1.05 bits per heavy atom. The third-order valence-electron chi connectivity index (χ3n) is 3.57. The van der Waals surface area contributed by atoms with Gasteiger partial charge in [0.15, 0.2) is 0 Å². The highest BCUT2D eigenvalue weighted by Crippen LogP contribution is 2.22. The van der Waals surface area contributed by atoms with Crippen LogP contribution in [0.3, 0.4) is 0 Å². The number of ether oxygens (including phenoxy) is 1. The van der Waals surface area contributed by atoms with E-state index in [4.69, 9.17) is 4.74 Å². The summed E-state index contributed by atoms with van der Waals surface area (Å²) in [5.41, 5.74) is 4.98. The highest BCUT2D eigenvalue weighted by molar-refractivity contribution is 9.10. The summed E-state index contributed by atoms with van der Waals surface area (Å²) >= 11 is 3.63. The van der Waals surface area contributed by atoms with E-state index in [1.54, 1.807) is 0 Å². The molecule has 0 amide bonds. The molecule has 0 bridgehead atoms. The number of nitrogens with one attached hydrogen (secondary N) is 1. The molecule has 1 N–H and O–H groups in total. The zero-order valence-corrected chi connectivity index (χ0v) is 14.5. The standard InChI is InChI=1S/C18H22BrNO/c1-4-20-11-15-6-7-16(18(19)10-15)12-21-17-8-5-13(2)14(3)9-17/h5-10,20H,4,11-12H2,1-3H3. The van der Waals surface area contributed by atoms with Crippen molar-refractivity contribution in [2.45, 2.75) is 33.9 Å². The predicted molar refractivity (Wildman–Crippen MR) is 91.8 cm³/mol. The fraction of sp³-hybridized carbons (Fsp3) is 0.333. The van der Waals surface area contributed by atoms with E-state index in [0.717, 1.165) is 28.9 Å². The Hall–Kier alpha value is -1.32. The summed E-state index contributed by atoms with van der Waals surface area (Å²) in [5, 5.41) is 3.33. The van der Waals surface area contributed by atoms with Crippen LogP contribution in [0.2, 0.25) is 0 Å². The molecule has 0 aliphatic rings. The molecule has 0 unspecified atom stereocenters. The third kappa shape index (κ3) is 4.58. The van der Waals surface area contributed by atoms with E-state index in [0.29, 0.717) is 6.61 Å². The molecule has 0 saturated carbocycles. The lowest BCUT2D eigenvalue weighted by Crippen LogP contribution is -2.11. The summed E-state index contributed by atoms with van der Waals surface area (Å²) in [6.07, 6.45) is 0. The normalized spacial score (nSPS) is 10.7. The van der Waals surface area contributed by atoms with Gasteiger partial charge in [-0.3, -0.25) is 0 Å². The lowest BCUT2D eigenvalue weighted by molar-refractivity contribution is 0.305. The molecule has 21 heavy (non-hydrogen) atoms. The van der Waals surface area contributed by atoms with Gasteiger partial charge in [0.05, 0.1) is 0 Å². The maximum absolute atomic E-state index is 5.88. The summed E-state index contributed by atoms with van der Waals surface area (Å²) in [4.78, 5) is 0. The molecule has 2 aromatic carbocycles. The number of aryl methyl sites for hydroxylation is 2. The molecule has 112 valence electrons. The Morgan fingerprint density at radius 3 is 2.52 bits per heavy atom. The van der Waals surface area contributed by atoms with Crippen LogP contribution in [0.15, 0.2) is 40.9 Å². The summed E-state index contributed by atoms with van der Waals surface area (Å²) < 4.78 is 6.98. The van der Waals surface area contributed by atoms with Gasteiger partial charge in [-0.15, -0.1) is 0 Å². The molecular formula is C18H22BrNO. The number of rotatable bonds is 6. The molecule has 0 aromatic heterocycles. The zero-order chi connectivity index (χ0) is 15.2. The van der Waals surface area contributed by atoms with E-state index >= 15 is 0 Å². The maximum Gasteiger partial charge on any atom is 0.120 e. The van der Waals surface area contributed by atoms with Gasteiger partial charge in [0.25, 0.3) is 0 Å². The van der Waals surface area contributed by atoms with Crippen molar-refractivity contribution in [3.8, 4) is 5.75 Å². The summed E-state index contributed by atoms with van der Waals surface area (Å²) in [7, 11) is 0. The van der Waals surface area contributed by atoms with E-state index in [1.165, 1.54) is 16.7 Å². The third-order valence-corrected chi connectivity index (χ3v) is 4.31. The van der Waals surface area contributed by atoms with Crippen molar-refractivity contribution >= 4 is 15.9 Å². The molecule has 2 aromatic rings. The Labute approximate surface area is 135 Å². The van der Waals surface area contributed by atoms with Gasteiger partial charge in [0.2, 0.25) is 0 Å². The van der Waals surface area contributed by atoms with Crippen molar-refractivity contribution < 1.29 is 4.74 Å². The second-order valence-electron chi connectivity index (χ2n) is 5.24. The zero-order valence-electron chi connectivity index (χ0n) is 12.9. The van der Waals surface area contributed by atoms with Crippen molar-refractivity contribution in [3.63, 3.8) is 0 Å². The minimum atomic E-state index is 0.574. The first-order valence-corrected chi connectivity index (χ1v) is 8.07. The fourth-order valence-corrected chi connectivity index (χ4v) is 2.59. The topological polar surface area (TPSA) is 21.3 Å². The van der Waals surface area contributed by atoms with Crippen molar-refractivity contribution in [1.82, 2.24) is 5.32 Å². The van der Waals surface area contributed by atoms with Crippen LogP contribution in [-0.4, -0.2) is 6.54 Å². The van der Waals surface area contributed by atoms with Crippen LogP contribution < -0.4 is 10.1 Å². The second-order valence-corrected chi connectivity index (χ2v) is 6.10. The van der Waals surface area contributed by atoms with Crippen molar-refractivity contribution in [2.75, 3.05) is 6.54 Å². The number of halogens is 1. The molecule has 2 rings (SSSR count). The number of benzene rings is 2. The summed E-state index contributed by atoms with van der Waals surface area (Å²) in [5.74, 6) is 0.918. The molecular weight excluding hydrogens is 326 g/mol. The van der Waals surface area contributed by atoms with Gasteiger partial charge in [0.1, 0.15) is 12.4 Å². The van der Waals surface area contributed by atoms with Crippen molar-refractivity contribution in [2.24, 2.45) is 0 Å². The molecule has 0 atom stereocenters. The summed E-state index contributed by atoms with van der Waals surface area (Å²) in [6, 6.07) is 12.6. The second kappa shape index (κ2) is 7.62. The number of hydrogen-bond donors (Lipinski definition) is 1. The Balaban J connectivity index is 2.01. The Bertz CT molecular complexity index is 610. The average Bonchev–Trinajstić information content (AvgIpc) is 2.47. The number of hydrogen-bond acceptors (Lipinski definition) is 2. The molecule has 3 heteroatoms. The Kier molecular flexibility index (Phi) is 5.83. The van der Waals surface area contributed by atoms with Gasteiger partial charge in [-0.2, -0.15) is 0 Å². The minimum Gasteiger partial charge on any atom is -0.489 e. The molecule has 2 nitrogen and oxygen atoms in total. The highest BCUT2D eigenvalue weighted by Gasteiger charge is 2.04. The SMILES string of the molecule is CCNCc1ccc(COc2ccc(C)c(C)c2)c(Br)c1.